The first-order valence-corrected chi connectivity index (χ1v) is 15.0. The van der Waals surface area contributed by atoms with Gasteiger partial charge in [-0.2, -0.15) is 0 Å². The van der Waals surface area contributed by atoms with Crippen LogP contribution in [0.2, 0.25) is 0 Å². The molecule has 44 heavy (non-hydrogen) atoms. The fraction of sp³-hybridized carbons (Fsp3) is 0.343. The third-order valence-electron chi connectivity index (χ3n) is 8.21. The van der Waals surface area contributed by atoms with Gasteiger partial charge in [-0.1, -0.05) is 42.5 Å². The Labute approximate surface area is 258 Å². The van der Waals surface area contributed by atoms with Gasteiger partial charge in [0, 0.05) is 49.9 Å². The van der Waals surface area contributed by atoms with Gasteiger partial charge in [0.25, 0.3) is 0 Å². The third-order valence-corrected chi connectivity index (χ3v) is 8.21. The minimum absolute atomic E-state index is 0.0637. The lowest BCUT2D eigenvalue weighted by Crippen LogP contribution is -2.52. The fourth-order valence-corrected chi connectivity index (χ4v) is 5.74. The lowest BCUT2D eigenvalue weighted by molar-refractivity contribution is -0.142. The van der Waals surface area contributed by atoms with Gasteiger partial charge in [-0.25, -0.2) is 4.79 Å². The van der Waals surface area contributed by atoms with Crippen LogP contribution >= 0.6 is 0 Å². The quantitative estimate of drug-likeness (QED) is 0.311. The van der Waals surface area contributed by atoms with Gasteiger partial charge in [-0.3, -0.25) is 9.59 Å². The summed E-state index contributed by atoms with van der Waals surface area (Å²) in [6.45, 7) is 6.46. The summed E-state index contributed by atoms with van der Waals surface area (Å²) in [6.07, 6.45) is 0.0637. The highest BCUT2D eigenvalue weighted by Crippen LogP contribution is 2.37. The van der Waals surface area contributed by atoms with Gasteiger partial charge < -0.3 is 28.9 Å². The number of hydrogen-bond donors (Lipinski definition) is 0. The molecular weight excluding hydrogens is 558 g/mol. The SMILES string of the molecule is CCOC(=O)C1=C(C)N(CC(=O)N2CCN(c3ccc(OC)cc3)CC2)C(=O)CC1c1ccc(OCc2ccccc2)cc1. The molecule has 0 spiro atoms. The van der Waals surface area contributed by atoms with E-state index in [0.717, 1.165) is 22.6 Å². The Morgan fingerprint density at radius 1 is 0.864 bits per heavy atom. The molecule has 1 fully saturated rings. The maximum atomic E-state index is 13.5. The van der Waals surface area contributed by atoms with Gasteiger partial charge in [0.15, 0.2) is 0 Å². The van der Waals surface area contributed by atoms with Crippen molar-refractivity contribution in [3.05, 3.63) is 101 Å². The highest BCUT2D eigenvalue weighted by atomic mass is 16.5. The van der Waals surface area contributed by atoms with Crippen molar-refractivity contribution >= 4 is 23.5 Å². The molecule has 9 nitrogen and oxygen atoms in total. The molecule has 0 aliphatic carbocycles. The molecule has 9 heteroatoms. The van der Waals surface area contributed by atoms with E-state index in [1.165, 1.54) is 4.90 Å². The van der Waals surface area contributed by atoms with E-state index in [4.69, 9.17) is 14.2 Å². The van der Waals surface area contributed by atoms with Crippen molar-refractivity contribution in [1.82, 2.24) is 9.80 Å². The van der Waals surface area contributed by atoms with Crippen LogP contribution in [0.25, 0.3) is 0 Å². The van der Waals surface area contributed by atoms with Gasteiger partial charge in [-0.15, -0.1) is 0 Å². The zero-order valence-corrected chi connectivity index (χ0v) is 25.5. The second-order valence-electron chi connectivity index (χ2n) is 10.9. The van der Waals surface area contributed by atoms with E-state index >= 15 is 0 Å². The summed E-state index contributed by atoms with van der Waals surface area (Å²) >= 11 is 0. The Hall–Kier alpha value is -4.79. The molecule has 5 rings (SSSR count). The molecule has 230 valence electrons. The number of carbonyl (C=O) groups excluding carboxylic acids is 3. The van der Waals surface area contributed by atoms with Crippen molar-refractivity contribution in [2.45, 2.75) is 32.8 Å². The topological polar surface area (TPSA) is 88.6 Å². The summed E-state index contributed by atoms with van der Waals surface area (Å²) in [6, 6.07) is 25.2. The number of benzene rings is 3. The smallest absolute Gasteiger partial charge is 0.336 e. The summed E-state index contributed by atoms with van der Waals surface area (Å²) in [4.78, 5) is 45.5. The van der Waals surface area contributed by atoms with E-state index in [0.29, 0.717) is 49.8 Å². The normalized spacial score (nSPS) is 17.0. The van der Waals surface area contributed by atoms with Gasteiger partial charge in [0.2, 0.25) is 11.8 Å². The Kier molecular flexibility index (Phi) is 9.84. The average Bonchev–Trinajstić information content (AvgIpc) is 3.06. The molecule has 3 aromatic carbocycles. The predicted octanol–water partition coefficient (Wildman–Crippen LogP) is 4.78. The van der Waals surface area contributed by atoms with Crippen LogP contribution in [0.15, 0.2) is 90.1 Å². The summed E-state index contributed by atoms with van der Waals surface area (Å²) in [5.41, 5.74) is 3.81. The number of piperazine rings is 1. The molecule has 1 unspecified atom stereocenters. The summed E-state index contributed by atoms with van der Waals surface area (Å²) in [5.74, 6) is 0.189. The van der Waals surface area contributed by atoms with Gasteiger partial charge >= 0.3 is 5.97 Å². The van der Waals surface area contributed by atoms with Crippen molar-refractivity contribution in [2.75, 3.05) is 51.3 Å². The van der Waals surface area contributed by atoms with Crippen LogP contribution in [0, 0.1) is 0 Å². The molecule has 2 amide bonds. The number of methoxy groups -OCH3 is 1. The summed E-state index contributed by atoms with van der Waals surface area (Å²) in [7, 11) is 1.64. The maximum Gasteiger partial charge on any atom is 0.336 e. The van der Waals surface area contributed by atoms with Crippen molar-refractivity contribution < 1.29 is 28.6 Å². The number of rotatable bonds is 10. The second kappa shape index (κ2) is 14.1. The molecule has 0 N–H and O–H groups in total. The third kappa shape index (κ3) is 7.05. The fourth-order valence-electron chi connectivity index (χ4n) is 5.74. The highest BCUT2D eigenvalue weighted by Gasteiger charge is 2.38. The second-order valence-corrected chi connectivity index (χ2v) is 10.9. The Morgan fingerprint density at radius 3 is 2.16 bits per heavy atom. The van der Waals surface area contributed by atoms with Crippen LogP contribution in [-0.2, 0) is 25.7 Å². The first-order valence-electron chi connectivity index (χ1n) is 15.0. The van der Waals surface area contributed by atoms with E-state index in [9.17, 15) is 14.4 Å². The number of amides is 2. The lowest BCUT2D eigenvalue weighted by Gasteiger charge is -2.38. The molecule has 0 bridgehead atoms. The van der Waals surface area contributed by atoms with Gasteiger partial charge in [-0.05, 0) is 61.4 Å². The Morgan fingerprint density at radius 2 is 1.52 bits per heavy atom. The minimum Gasteiger partial charge on any atom is -0.497 e. The Bertz CT molecular complexity index is 1480. The number of esters is 1. The molecule has 3 aromatic rings. The van der Waals surface area contributed by atoms with Gasteiger partial charge in [0.05, 0.1) is 19.3 Å². The van der Waals surface area contributed by atoms with Crippen LogP contribution < -0.4 is 14.4 Å². The summed E-state index contributed by atoms with van der Waals surface area (Å²) in [5, 5.41) is 0. The zero-order chi connectivity index (χ0) is 31.1. The monoisotopic (exact) mass is 597 g/mol. The standard InChI is InChI=1S/C35H39N3O6/c1-4-43-35(41)34-25(2)38(23-33(40)37-20-18-36(19-21-37)28-12-16-29(42-3)17-13-28)32(39)22-31(34)27-10-14-30(15-11-27)44-24-26-8-6-5-7-9-26/h5-17,31H,4,18-24H2,1-3H3. The van der Waals surface area contributed by atoms with E-state index in [1.807, 2.05) is 78.9 Å². The number of nitrogens with zero attached hydrogens (tertiary/aromatic N) is 3. The lowest BCUT2D eigenvalue weighted by atomic mass is 9.83. The maximum absolute atomic E-state index is 13.5. The molecule has 0 saturated carbocycles. The van der Waals surface area contributed by atoms with E-state index in [1.54, 1.807) is 25.9 Å². The van der Waals surface area contributed by atoms with Crippen LogP contribution in [0.5, 0.6) is 11.5 Å². The predicted molar refractivity (Wildman–Crippen MR) is 167 cm³/mol. The minimum atomic E-state index is -0.482. The first-order chi connectivity index (χ1) is 21.4. The first kappa shape index (κ1) is 30.7. The van der Waals surface area contributed by atoms with Crippen LogP contribution in [0.3, 0.4) is 0 Å². The van der Waals surface area contributed by atoms with Crippen molar-refractivity contribution in [1.29, 1.82) is 0 Å². The number of allylic oxidation sites excluding steroid dienone is 1. The van der Waals surface area contributed by atoms with Crippen LogP contribution in [-0.4, -0.2) is 74.0 Å². The Balaban J connectivity index is 1.26. The van der Waals surface area contributed by atoms with Crippen molar-refractivity contribution in [3.63, 3.8) is 0 Å². The molecule has 2 heterocycles. The molecule has 1 saturated heterocycles. The molecule has 0 aromatic heterocycles. The van der Waals surface area contributed by atoms with Crippen molar-refractivity contribution in [2.24, 2.45) is 0 Å². The molecule has 0 radical (unpaired) electrons. The highest BCUT2D eigenvalue weighted by molar-refractivity contribution is 5.97. The number of hydrogen-bond acceptors (Lipinski definition) is 7. The van der Waals surface area contributed by atoms with Crippen molar-refractivity contribution in [3.8, 4) is 11.5 Å². The average molecular weight is 598 g/mol. The van der Waals surface area contributed by atoms with E-state index < -0.39 is 11.9 Å². The zero-order valence-electron chi connectivity index (χ0n) is 25.5. The largest absolute Gasteiger partial charge is 0.497 e. The number of ether oxygens (including phenoxy) is 3. The molecular formula is C35H39N3O6. The molecule has 2 aliphatic heterocycles. The van der Waals surface area contributed by atoms with Crippen LogP contribution in [0.4, 0.5) is 5.69 Å². The summed E-state index contributed by atoms with van der Waals surface area (Å²) < 4.78 is 16.6. The molecule has 2 aliphatic rings. The van der Waals surface area contributed by atoms with E-state index in [2.05, 4.69) is 4.90 Å². The number of anilines is 1. The van der Waals surface area contributed by atoms with Gasteiger partial charge in [0.1, 0.15) is 24.7 Å². The van der Waals surface area contributed by atoms with Crippen LogP contribution in [0.1, 0.15) is 37.3 Å². The van der Waals surface area contributed by atoms with E-state index in [-0.39, 0.29) is 31.4 Å². The number of carbonyl (C=O) groups is 3. The molecule has 1 atom stereocenters.